The molecule has 19 heteroatoms. The molecule has 0 saturated carbocycles. The van der Waals surface area contributed by atoms with Gasteiger partial charge < -0.3 is 19.4 Å². The molecule has 1 fully saturated rings. The van der Waals surface area contributed by atoms with E-state index in [4.69, 9.17) is 19.0 Å². The molecule has 254 valence electrons. The van der Waals surface area contributed by atoms with Crippen molar-refractivity contribution in [2.24, 2.45) is 11.2 Å². The Morgan fingerprint density at radius 3 is 2.32 bits per heavy atom. The van der Waals surface area contributed by atoms with E-state index >= 15 is 0 Å². The van der Waals surface area contributed by atoms with Crippen LogP contribution in [0.4, 0.5) is 22.8 Å². The van der Waals surface area contributed by atoms with Crippen LogP contribution in [0.25, 0.3) is 16.9 Å². The molecule has 47 heavy (non-hydrogen) atoms. The molecule has 0 radical (unpaired) electrons. The first kappa shape index (κ1) is 34.8. The summed E-state index contributed by atoms with van der Waals surface area (Å²) in [4.78, 5) is 28.2. The van der Waals surface area contributed by atoms with Gasteiger partial charge in [-0.05, 0) is 51.1 Å². The summed E-state index contributed by atoms with van der Waals surface area (Å²) in [6, 6.07) is 12.4. The maximum Gasteiger partial charge on any atom is 0.511 e. The number of carbonyl (C=O) groups excluding carboxylic acids is 2. The van der Waals surface area contributed by atoms with E-state index in [1.165, 1.54) is 24.1 Å². The van der Waals surface area contributed by atoms with E-state index in [9.17, 15) is 36.4 Å². The molecule has 1 amide bonds. The number of ether oxygens (including phenoxy) is 3. The van der Waals surface area contributed by atoms with Crippen LogP contribution in [-0.2, 0) is 35.2 Å². The monoisotopic (exact) mass is 684 g/mol. The average Bonchev–Trinajstić information content (AvgIpc) is 3.41. The largest absolute Gasteiger partial charge is 0.569 e. The van der Waals surface area contributed by atoms with Crippen LogP contribution in [0, 0.1) is 18.0 Å². The molecule has 1 unspecified atom stereocenters. The second-order valence-electron chi connectivity index (χ2n) is 10.7. The lowest BCUT2D eigenvalue weighted by Gasteiger charge is -2.33. The highest BCUT2D eigenvalue weighted by Crippen LogP contribution is 2.33. The van der Waals surface area contributed by atoms with Gasteiger partial charge in [-0.2, -0.15) is 18.3 Å². The fourth-order valence-electron chi connectivity index (χ4n) is 4.13. The minimum atomic E-state index is -4.71. The van der Waals surface area contributed by atoms with Gasteiger partial charge in [-0.15, -0.1) is 5.01 Å². The quantitative estimate of drug-likeness (QED) is 0.0953. The van der Waals surface area contributed by atoms with E-state index in [1.807, 2.05) is 6.92 Å². The van der Waals surface area contributed by atoms with Crippen LogP contribution in [0.15, 0.2) is 64.8 Å². The minimum absolute atomic E-state index is 0.0938. The number of halogens is 3. The van der Waals surface area contributed by atoms with Gasteiger partial charge in [0.25, 0.3) is 16.3 Å². The number of hydrogen-bond donors (Lipinski definition) is 1. The van der Waals surface area contributed by atoms with Gasteiger partial charge in [-0.1, -0.05) is 29.8 Å². The molecule has 0 aliphatic carbocycles. The second kappa shape index (κ2) is 14.1. The number of alkyl halides is 3. The topological polar surface area (TPSA) is 177 Å². The third kappa shape index (κ3) is 9.24. The number of nitrogens with zero attached hydrogens (tertiary/aromatic N) is 5. The van der Waals surface area contributed by atoms with E-state index in [0.29, 0.717) is 5.56 Å². The number of rotatable bonds is 11. The minimum Gasteiger partial charge on any atom is -0.569 e. The molecule has 1 aliphatic rings. The van der Waals surface area contributed by atoms with Gasteiger partial charge in [0.15, 0.2) is 5.69 Å². The molecule has 1 aromatic heterocycles. The lowest BCUT2D eigenvalue weighted by atomic mass is 10.0. The first-order chi connectivity index (χ1) is 22.0. The molecule has 15 nitrogen and oxygen atoms in total. The molecule has 4 rings (SSSR count). The molecule has 0 spiro atoms. The van der Waals surface area contributed by atoms with Crippen LogP contribution in [0.3, 0.4) is 0 Å². The third-order valence-corrected chi connectivity index (χ3v) is 7.77. The predicted octanol–water partition coefficient (Wildman–Crippen LogP) is 4.93. The molecular weight excluding hydrogens is 653 g/mol. The Morgan fingerprint density at radius 2 is 1.72 bits per heavy atom. The van der Waals surface area contributed by atoms with Crippen molar-refractivity contribution in [2.45, 2.75) is 51.2 Å². The number of amides is 1. The van der Waals surface area contributed by atoms with Gasteiger partial charge in [-0.25, -0.2) is 27.4 Å². The molecule has 1 atom stereocenters. The van der Waals surface area contributed by atoms with E-state index in [-0.39, 0.29) is 46.9 Å². The number of nitrogens with one attached hydrogen (secondary N) is 1. The lowest BCUT2D eigenvalue weighted by Crippen LogP contribution is -2.52. The summed E-state index contributed by atoms with van der Waals surface area (Å²) >= 11 is 0. The third-order valence-electron chi connectivity index (χ3n) is 6.45. The molecule has 3 aromatic rings. The smallest absolute Gasteiger partial charge is 0.511 e. The van der Waals surface area contributed by atoms with Gasteiger partial charge in [0, 0.05) is 18.4 Å². The summed E-state index contributed by atoms with van der Waals surface area (Å²) in [6.07, 6.45) is -8.60. The highest BCUT2D eigenvalue weighted by atomic mass is 32.2. The lowest BCUT2D eigenvalue weighted by molar-refractivity contribution is -0.728. The van der Waals surface area contributed by atoms with Crippen LogP contribution in [0.1, 0.15) is 32.0 Å². The Bertz CT molecular complexity index is 1710. The van der Waals surface area contributed by atoms with E-state index in [1.54, 1.807) is 42.8 Å². The van der Waals surface area contributed by atoms with Gasteiger partial charge in [0.1, 0.15) is 0 Å². The van der Waals surface area contributed by atoms with E-state index in [2.05, 4.69) is 10.4 Å². The maximum atomic E-state index is 13.5. The van der Waals surface area contributed by atoms with E-state index in [0.717, 1.165) is 28.4 Å². The Labute approximate surface area is 267 Å². The molecule has 2 aromatic carbocycles. The molecule has 1 N–H and O–H groups in total. The number of aryl methyl sites for hydroxylation is 1. The highest BCUT2D eigenvalue weighted by molar-refractivity contribution is 7.90. The molecule has 1 saturated heterocycles. The van der Waals surface area contributed by atoms with Crippen molar-refractivity contribution in [2.75, 3.05) is 19.7 Å². The van der Waals surface area contributed by atoms with Crippen molar-refractivity contribution < 1.29 is 55.2 Å². The molecule has 1 aliphatic heterocycles. The Kier molecular flexibility index (Phi) is 10.5. The first-order valence-corrected chi connectivity index (χ1v) is 15.5. The number of hydrazine groups is 1. The summed E-state index contributed by atoms with van der Waals surface area (Å²) in [5, 5.41) is 20.1. The van der Waals surface area contributed by atoms with Crippen molar-refractivity contribution in [3.05, 3.63) is 71.1 Å². The Hall–Kier alpha value is -5.07. The maximum absolute atomic E-state index is 13.5. The van der Waals surface area contributed by atoms with Crippen molar-refractivity contribution >= 4 is 22.3 Å². The van der Waals surface area contributed by atoms with Crippen molar-refractivity contribution in [3.63, 3.8) is 0 Å². The first-order valence-electron chi connectivity index (χ1n) is 14.0. The van der Waals surface area contributed by atoms with Crippen molar-refractivity contribution in [1.29, 1.82) is 0 Å². The zero-order valence-electron chi connectivity index (χ0n) is 25.5. The molecular formula is C28H31F3N6O9S. The van der Waals surface area contributed by atoms with Crippen LogP contribution in [0.5, 0.6) is 0 Å². The highest BCUT2D eigenvalue weighted by Gasteiger charge is 2.36. The van der Waals surface area contributed by atoms with Gasteiger partial charge >= 0.3 is 18.4 Å². The Morgan fingerprint density at radius 1 is 1.09 bits per heavy atom. The van der Waals surface area contributed by atoms with Crippen molar-refractivity contribution in [1.82, 2.24) is 19.5 Å². The fourth-order valence-corrected chi connectivity index (χ4v) is 5.02. The van der Waals surface area contributed by atoms with Gasteiger partial charge in [-0.3, -0.25) is 4.84 Å². The van der Waals surface area contributed by atoms with E-state index < -0.39 is 46.5 Å². The number of carbonyl (C=O) groups is 2. The number of hydrogen-bond acceptors (Lipinski definition) is 11. The predicted molar refractivity (Wildman–Crippen MR) is 155 cm³/mol. The summed E-state index contributed by atoms with van der Waals surface area (Å²) in [5.41, 5.74) is 0.525. The summed E-state index contributed by atoms with van der Waals surface area (Å²) in [5.74, 6) is -0.331. The molecule has 2 heterocycles. The summed E-state index contributed by atoms with van der Waals surface area (Å²) in [7, 11) is -4.41. The van der Waals surface area contributed by atoms with Gasteiger partial charge in [0.05, 0.1) is 47.0 Å². The van der Waals surface area contributed by atoms with Crippen molar-refractivity contribution in [3.8, 4) is 16.9 Å². The summed E-state index contributed by atoms with van der Waals surface area (Å²) in [6.45, 7) is 6.36. The van der Waals surface area contributed by atoms with Crippen LogP contribution < -0.4 is 4.72 Å². The zero-order chi connectivity index (χ0) is 34.5. The van der Waals surface area contributed by atoms with Crippen LogP contribution >= 0.6 is 0 Å². The number of aromatic nitrogens is 2. The standard InChI is InChI=1S/C28H31F3N6O9S/c1-17(2)44-27(39)45-19(4)46-34-37(40)35-14-20(15-35)16-43-26(38)33-47(41,42)23-11-9-22(10-12-23)36-24(13-25(32-36)28(29,30)31)21-7-5-18(3)6-8-21/h5-13,17,19-20H,14-16H2,1-4H3,(H,33,38). The molecule has 0 bridgehead atoms. The SMILES string of the molecule is Cc1ccc(-c2cc(C(F)(F)F)nn2-c2ccc(S(=O)(=O)NC(=O)OCC3CN([N+]([O-])=NOC(C)OC(=O)OC(C)C)C3)cc2)cc1. The summed E-state index contributed by atoms with van der Waals surface area (Å²) < 4.78 is 83.3. The zero-order valence-corrected chi connectivity index (χ0v) is 26.3. The second-order valence-corrected chi connectivity index (χ2v) is 12.4. The van der Waals surface area contributed by atoms with Gasteiger partial charge in [0.2, 0.25) is 5.28 Å². The average molecular weight is 685 g/mol. The number of benzene rings is 2. The Balaban J connectivity index is 1.30. The van der Waals surface area contributed by atoms with Crippen LogP contribution in [-0.4, -0.2) is 72.5 Å². The van der Waals surface area contributed by atoms with Crippen LogP contribution in [0.2, 0.25) is 0 Å². The normalized spacial score (nSPS) is 14.7. The number of sulfonamides is 1. The fraction of sp³-hybridized carbons (Fsp3) is 0.393.